The third kappa shape index (κ3) is 7.65. The lowest BCUT2D eigenvalue weighted by Gasteiger charge is -2.26. The fraction of sp³-hybridized carbons (Fsp3) is 0.667. The fourth-order valence-electron chi connectivity index (χ4n) is 5.53. The first-order valence-corrected chi connectivity index (χ1v) is 13.0. The van der Waals surface area contributed by atoms with Crippen LogP contribution in [0.15, 0.2) is 36.4 Å². The molecule has 0 N–H and O–H groups in total. The molecule has 2 aliphatic rings. The van der Waals surface area contributed by atoms with Crippen molar-refractivity contribution in [3.8, 4) is 11.8 Å². The Balaban J connectivity index is 1.37. The molecule has 0 amide bonds. The van der Waals surface area contributed by atoms with Crippen LogP contribution in [0.2, 0.25) is 0 Å². The zero-order valence-electron chi connectivity index (χ0n) is 19.7. The molecule has 0 atom stereocenters. The average Bonchev–Trinajstić information content (AvgIpc) is 2.79. The van der Waals surface area contributed by atoms with Crippen LogP contribution in [-0.2, 0) is 6.42 Å². The Morgan fingerprint density at radius 3 is 2.23 bits per heavy atom. The Morgan fingerprint density at radius 1 is 0.833 bits per heavy atom. The lowest BCUT2D eigenvalue weighted by Crippen LogP contribution is -2.12. The smallest absolute Gasteiger partial charge is 0.0206 e. The van der Waals surface area contributed by atoms with E-state index in [0.717, 1.165) is 17.8 Å². The standard InChI is InChI=1S/C30H44/c1-3-5-6-10-27-17-21-29(22-18-27)30-23-19-28(20-24-30)12-8-7-11-26-15-13-25(9-4-2)14-16-26/h7,11,17-18,21-22,25-26,28,30H,3-6,9-10,13-16,19-20,23-24H2,1-2H3/t25-,26-,28-,30-. The van der Waals surface area contributed by atoms with Gasteiger partial charge in [0.2, 0.25) is 0 Å². The number of hydrogen-bond donors (Lipinski definition) is 0. The highest BCUT2D eigenvalue weighted by molar-refractivity contribution is 5.26. The molecule has 164 valence electrons. The lowest BCUT2D eigenvalue weighted by atomic mass is 9.78. The van der Waals surface area contributed by atoms with E-state index in [4.69, 9.17) is 0 Å². The number of benzene rings is 1. The number of unbranched alkanes of at least 4 members (excludes halogenated alkanes) is 2. The van der Waals surface area contributed by atoms with Crippen LogP contribution in [0.1, 0.15) is 114 Å². The quantitative estimate of drug-likeness (QED) is 0.300. The van der Waals surface area contributed by atoms with E-state index in [9.17, 15) is 0 Å². The van der Waals surface area contributed by atoms with Crippen LogP contribution in [0.3, 0.4) is 0 Å². The minimum absolute atomic E-state index is 0.611. The number of hydrogen-bond acceptors (Lipinski definition) is 0. The Labute approximate surface area is 186 Å². The molecule has 0 unspecified atom stereocenters. The highest BCUT2D eigenvalue weighted by atomic mass is 14.3. The summed E-state index contributed by atoms with van der Waals surface area (Å²) in [5.41, 5.74) is 3.07. The number of rotatable bonds is 8. The molecule has 2 aliphatic carbocycles. The molecule has 0 aromatic heterocycles. The van der Waals surface area contributed by atoms with Crippen molar-refractivity contribution in [2.75, 3.05) is 0 Å². The van der Waals surface area contributed by atoms with Gasteiger partial charge in [0, 0.05) is 5.92 Å². The van der Waals surface area contributed by atoms with Gasteiger partial charge in [-0.05, 0) is 99.2 Å². The molecule has 1 aromatic rings. The maximum atomic E-state index is 3.56. The normalized spacial score (nSPS) is 27.0. The molecule has 0 radical (unpaired) electrons. The van der Waals surface area contributed by atoms with Crippen molar-refractivity contribution in [3.63, 3.8) is 0 Å². The van der Waals surface area contributed by atoms with Gasteiger partial charge in [0.05, 0.1) is 0 Å². The predicted molar refractivity (Wildman–Crippen MR) is 132 cm³/mol. The zero-order valence-corrected chi connectivity index (χ0v) is 19.7. The molecule has 3 rings (SSSR count). The minimum Gasteiger partial charge on any atom is -0.0951 e. The van der Waals surface area contributed by atoms with Gasteiger partial charge in [0.1, 0.15) is 0 Å². The van der Waals surface area contributed by atoms with Crippen molar-refractivity contribution in [3.05, 3.63) is 47.5 Å². The van der Waals surface area contributed by atoms with Crippen LogP contribution >= 0.6 is 0 Å². The molecule has 0 spiro atoms. The highest BCUT2D eigenvalue weighted by Crippen LogP contribution is 2.36. The van der Waals surface area contributed by atoms with Crippen LogP contribution in [0.25, 0.3) is 0 Å². The van der Waals surface area contributed by atoms with E-state index in [2.05, 4.69) is 62.1 Å². The van der Waals surface area contributed by atoms with Crippen molar-refractivity contribution >= 4 is 0 Å². The molecule has 30 heavy (non-hydrogen) atoms. The third-order valence-electron chi connectivity index (χ3n) is 7.57. The summed E-state index contributed by atoms with van der Waals surface area (Å²) in [6, 6.07) is 9.54. The van der Waals surface area contributed by atoms with Crippen molar-refractivity contribution in [2.24, 2.45) is 17.8 Å². The maximum absolute atomic E-state index is 3.56. The monoisotopic (exact) mass is 404 g/mol. The summed E-state index contributed by atoms with van der Waals surface area (Å²) in [5, 5.41) is 0. The maximum Gasteiger partial charge on any atom is 0.0206 e. The van der Waals surface area contributed by atoms with E-state index >= 15 is 0 Å². The van der Waals surface area contributed by atoms with Gasteiger partial charge in [-0.25, -0.2) is 0 Å². The molecular formula is C30H44. The molecule has 0 heterocycles. The highest BCUT2D eigenvalue weighted by Gasteiger charge is 2.21. The summed E-state index contributed by atoms with van der Waals surface area (Å²) in [6.45, 7) is 4.60. The summed E-state index contributed by atoms with van der Waals surface area (Å²) in [4.78, 5) is 0. The van der Waals surface area contributed by atoms with Crippen LogP contribution in [0, 0.1) is 29.6 Å². The molecule has 0 nitrogen and oxygen atoms in total. The van der Waals surface area contributed by atoms with Crippen molar-refractivity contribution in [2.45, 2.75) is 110 Å². The Bertz CT molecular complexity index is 667. The number of allylic oxidation sites excluding steroid dienone is 2. The molecule has 0 heteroatoms. The molecule has 0 aliphatic heterocycles. The van der Waals surface area contributed by atoms with Gasteiger partial charge in [-0.15, -0.1) is 0 Å². The topological polar surface area (TPSA) is 0 Å². The number of aryl methyl sites for hydroxylation is 1. The van der Waals surface area contributed by atoms with E-state index in [1.54, 1.807) is 5.56 Å². The SMILES string of the molecule is CCCCCc1ccc([C@H]2CC[C@H](C#CC=C[C@H]3CC[C@H](CCC)CC3)CC2)cc1. The lowest BCUT2D eigenvalue weighted by molar-refractivity contribution is 0.294. The van der Waals surface area contributed by atoms with Crippen LogP contribution in [0.4, 0.5) is 0 Å². The van der Waals surface area contributed by atoms with Crippen molar-refractivity contribution in [1.82, 2.24) is 0 Å². The van der Waals surface area contributed by atoms with Crippen molar-refractivity contribution in [1.29, 1.82) is 0 Å². The average molecular weight is 405 g/mol. The van der Waals surface area contributed by atoms with Gasteiger partial charge in [0.15, 0.2) is 0 Å². The van der Waals surface area contributed by atoms with Gasteiger partial charge < -0.3 is 0 Å². The summed E-state index contributed by atoms with van der Waals surface area (Å²) in [6.07, 6.45) is 23.4. The van der Waals surface area contributed by atoms with E-state index in [0.29, 0.717) is 5.92 Å². The Hall–Kier alpha value is -1.48. The molecule has 0 saturated heterocycles. The molecule has 1 aromatic carbocycles. The molecule has 2 saturated carbocycles. The van der Waals surface area contributed by atoms with E-state index in [1.165, 1.54) is 95.5 Å². The summed E-state index contributed by atoms with van der Waals surface area (Å²) in [7, 11) is 0. The second-order valence-corrected chi connectivity index (χ2v) is 9.96. The second kappa shape index (κ2) is 13.0. The first kappa shape index (κ1) is 23.2. The van der Waals surface area contributed by atoms with E-state index < -0.39 is 0 Å². The second-order valence-electron chi connectivity index (χ2n) is 9.96. The first-order valence-electron chi connectivity index (χ1n) is 13.0. The summed E-state index contributed by atoms with van der Waals surface area (Å²) < 4.78 is 0. The minimum atomic E-state index is 0.611. The van der Waals surface area contributed by atoms with Gasteiger partial charge in [-0.1, -0.05) is 81.7 Å². The van der Waals surface area contributed by atoms with Gasteiger partial charge in [0.25, 0.3) is 0 Å². The van der Waals surface area contributed by atoms with E-state index in [1.807, 2.05) is 0 Å². The van der Waals surface area contributed by atoms with Crippen LogP contribution < -0.4 is 0 Å². The molecular weight excluding hydrogens is 360 g/mol. The zero-order chi connectivity index (χ0) is 21.0. The molecule has 2 fully saturated rings. The Kier molecular flexibility index (Phi) is 10.1. The predicted octanol–water partition coefficient (Wildman–Crippen LogP) is 8.86. The van der Waals surface area contributed by atoms with Gasteiger partial charge in [-0.3, -0.25) is 0 Å². The van der Waals surface area contributed by atoms with Gasteiger partial charge >= 0.3 is 0 Å². The van der Waals surface area contributed by atoms with Gasteiger partial charge in [-0.2, -0.15) is 0 Å². The largest absolute Gasteiger partial charge is 0.0951 e. The summed E-state index contributed by atoms with van der Waals surface area (Å²) >= 11 is 0. The fourth-order valence-corrected chi connectivity index (χ4v) is 5.53. The summed E-state index contributed by atoms with van der Waals surface area (Å²) in [5.74, 6) is 10.1. The first-order chi connectivity index (χ1) is 14.8. The Morgan fingerprint density at radius 2 is 1.57 bits per heavy atom. The third-order valence-corrected chi connectivity index (χ3v) is 7.57. The molecule has 0 bridgehead atoms. The van der Waals surface area contributed by atoms with E-state index in [-0.39, 0.29) is 0 Å². The van der Waals surface area contributed by atoms with Crippen LogP contribution in [-0.4, -0.2) is 0 Å². The van der Waals surface area contributed by atoms with Crippen molar-refractivity contribution < 1.29 is 0 Å². The van der Waals surface area contributed by atoms with Crippen LogP contribution in [0.5, 0.6) is 0 Å².